The van der Waals surface area contributed by atoms with Crippen LogP contribution in [0, 0.1) is 0 Å². The summed E-state index contributed by atoms with van der Waals surface area (Å²) in [5, 5.41) is 9.65. The van der Waals surface area contributed by atoms with Gasteiger partial charge in [-0.25, -0.2) is 4.79 Å². The lowest BCUT2D eigenvalue weighted by atomic mass is 9.80. The van der Waals surface area contributed by atoms with E-state index in [4.69, 9.17) is 15.2 Å². The van der Waals surface area contributed by atoms with Crippen molar-refractivity contribution in [2.75, 3.05) is 12.8 Å². The average molecular weight is 347 g/mol. The van der Waals surface area contributed by atoms with Crippen LogP contribution in [0.5, 0.6) is 17.2 Å². The molecule has 0 aromatic heterocycles. The number of aromatic carboxylic acids is 1. The lowest BCUT2D eigenvalue weighted by molar-refractivity contribution is 0.0695. The molecule has 0 bridgehead atoms. The van der Waals surface area contributed by atoms with E-state index in [1.54, 1.807) is 37.4 Å². The Morgan fingerprint density at radius 1 is 1.00 bits per heavy atom. The van der Waals surface area contributed by atoms with Gasteiger partial charge in [-0.2, -0.15) is 0 Å². The number of carboxylic acids is 1. The lowest BCUT2D eigenvalue weighted by Gasteiger charge is -2.30. The summed E-state index contributed by atoms with van der Waals surface area (Å²) >= 11 is 0. The highest BCUT2D eigenvalue weighted by Gasteiger charge is 2.31. The summed E-state index contributed by atoms with van der Waals surface area (Å²) in [5.41, 5.74) is 9.25. The highest BCUT2D eigenvalue weighted by molar-refractivity contribution is 5.90. The van der Waals surface area contributed by atoms with Gasteiger partial charge >= 0.3 is 5.97 Å². The summed E-state index contributed by atoms with van der Waals surface area (Å²) in [7, 11) is 1.59. The van der Waals surface area contributed by atoms with Crippen molar-refractivity contribution < 1.29 is 19.4 Å². The molecule has 1 atom stereocenters. The molecule has 0 amide bonds. The molecule has 26 heavy (non-hydrogen) atoms. The first-order valence-corrected chi connectivity index (χ1v) is 8.16. The molecule has 3 N–H and O–H groups in total. The van der Waals surface area contributed by atoms with Crippen molar-refractivity contribution in [1.82, 2.24) is 0 Å². The van der Waals surface area contributed by atoms with E-state index in [9.17, 15) is 9.90 Å². The number of carbonyl (C=O) groups is 1. The summed E-state index contributed by atoms with van der Waals surface area (Å²) in [5.74, 6) is 0.691. The molecule has 1 unspecified atom stereocenters. The van der Waals surface area contributed by atoms with E-state index in [0.29, 0.717) is 28.5 Å². The predicted molar refractivity (Wildman–Crippen MR) is 98.3 cm³/mol. The van der Waals surface area contributed by atoms with Crippen molar-refractivity contribution >= 4 is 11.7 Å². The van der Waals surface area contributed by atoms with Crippen LogP contribution in [0.15, 0.2) is 60.7 Å². The molecule has 3 aromatic rings. The minimum atomic E-state index is -0.959. The molecule has 1 heterocycles. The van der Waals surface area contributed by atoms with Crippen molar-refractivity contribution in [3.05, 3.63) is 82.9 Å². The molecule has 0 aliphatic carbocycles. The number of nitrogens with two attached hydrogens (primary N) is 1. The smallest absolute Gasteiger partial charge is 0.335 e. The maximum Gasteiger partial charge on any atom is 0.335 e. The molecule has 0 fully saturated rings. The Kier molecular flexibility index (Phi) is 3.77. The van der Waals surface area contributed by atoms with Gasteiger partial charge < -0.3 is 20.3 Å². The van der Waals surface area contributed by atoms with Gasteiger partial charge in [-0.15, -0.1) is 0 Å². The third kappa shape index (κ3) is 2.54. The molecule has 0 saturated heterocycles. The van der Waals surface area contributed by atoms with Gasteiger partial charge in [-0.05, 0) is 23.8 Å². The summed E-state index contributed by atoms with van der Waals surface area (Å²) in [6, 6.07) is 18.0. The number of rotatable bonds is 3. The summed E-state index contributed by atoms with van der Waals surface area (Å²) in [6.07, 6.45) is 0. The van der Waals surface area contributed by atoms with Gasteiger partial charge in [0, 0.05) is 34.9 Å². The van der Waals surface area contributed by atoms with Crippen molar-refractivity contribution in [1.29, 1.82) is 0 Å². The molecular formula is C21H17NO4. The van der Waals surface area contributed by atoms with Crippen molar-refractivity contribution in [3.8, 4) is 17.2 Å². The highest BCUT2D eigenvalue weighted by Crippen LogP contribution is 2.49. The van der Waals surface area contributed by atoms with Crippen LogP contribution in [0.4, 0.5) is 5.69 Å². The Morgan fingerprint density at radius 2 is 1.69 bits per heavy atom. The molecule has 1 aliphatic rings. The first-order chi connectivity index (χ1) is 12.6. The molecule has 1 aliphatic heterocycles. The van der Waals surface area contributed by atoms with Crippen LogP contribution < -0.4 is 15.2 Å². The van der Waals surface area contributed by atoms with E-state index in [0.717, 1.165) is 11.1 Å². The topological polar surface area (TPSA) is 81.8 Å². The zero-order valence-corrected chi connectivity index (χ0v) is 14.1. The van der Waals surface area contributed by atoms with Gasteiger partial charge in [0.25, 0.3) is 0 Å². The van der Waals surface area contributed by atoms with E-state index in [1.807, 2.05) is 30.3 Å². The third-order valence-corrected chi connectivity index (χ3v) is 4.60. The molecule has 3 aromatic carbocycles. The number of carboxylic acid groups (broad SMARTS) is 1. The number of nitrogen functional groups attached to an aromatic ring is 1. The fourth-order valence-corrected chi connectivity index (χ4v) is 3.41. The molecule has 5 nitrogen and oxygen atoms in total. The van der Waals surface area contributed by atoms with Gasteiger partial charge in [0.1, 0.15) is 17.2 Å². The van der Waals surface area contributed by atoms with Gasteiger partial charge in [0.15, 0.2) is 0 Å². The van der Waals surface area contributed by atoms with Crippen LogP contribution in [-0.4, -0.2) is 18.2 Å². The van der Waals surface area contributed by atoms with Crippen molar-refractivity contribution in [3.63, 3.8) is 0 Å². The summed E-state index contributed by atoms with van der Waals surface area (Å²) in [4.78, 5) is 11.8. The zero-order chi connectivity index (χ0) is 18.3. The molecule has 4 rings (SSSR count). The minimum absolute atomic E-state index is 0.268. The average Bonchev–Trinajstić information content (AvgIpc) is 2.65. The minimum Gasteiger partial charge on any atom is -0.497 e. The van der Waals surface area contributed by atoms with Gasteiger partial charge in [0.2, 0.25) is 0 Å². The standard InChI is InChI=1S/C21H17NO4/c1-25-13-7-9-17-19(11-13)26-18-10-12(22)6-8-16(18)20(17)14-4-2-3-5-15(14)21(23)24/h2-11,20H,22H2,1H3,(H,23,24). The van der Waals surface area contributed by atoms with Crippen LogP contribution in [0.25, 0.3) is 0 Å². The fourth-order valence-electron chi connectivity index (χ4n) is 3.41. The number of hydrogen-bond acceptors (Lipinski definition) is 4. The maximum atomic E-state index is 11.8. The van der Waals surface area contributed by atoms with Crippen LogP contribution in [0.3, 0.4) is 0 Å². The monoisotopic (exact) mass is 347 g/mol. The molecule has 0 saturated carbocycles. The Hall–Kier alpha value is -3.47. The number of anilines is 1. The SMILES string of the molecule is COc1ccc2c(c1)Oc1cc(N)ccc1C2c1ccccc1C(=O)O. The number of methoxy groups -OCH3 is 1. The second-order valence-electron chi connectivity index (χ2n) is 6.13. The molecule has 0 radical (unpaired) electrons. The molecule has 130 valence electrons. The molecule has 5 heteroatoms. The summed E-state index contributed by atoms with van der Waals surface area (Å²) in [6.45, 7) is 0. The van der Waals surface area contributed by atoms with Gasteiger partial charge in [0.05, 0.1) is 12.7 Å². The number of fused-ring (bicyclic) bond motifs is 2. The Bertz CT molecular complexity index is 1010. The van der Waals surface area contributed by atoms with Crippen molar-refractivity contribution in [2.24, 2.45) is 0 Å². The van der Waals surface area contributed by atoms with Crippen LogP contribution in [0.1, 0.15) is 33.0 Å². The largest absolute Gasteiger partial charge is 0.497 e. The van der Waals surface area contributed by atoms with Gasteiger partial charge in [-0.1, -0.05) is 30.3 Å². The summed E-state index contributed by atoms with van der Waals surface area (Å²) < 4.78 is 11.3. The third-order valence-electron chi connectivity index (χ3n) is 4.60. The number of benzene rings is 3. The second kappa shape index (κ2) is 6.11. The van der Waals surface area contributed by atoms with Crippen LogP contribution >= 0.6 is 0 Å². The van der Waals surface area contributed by atoms with E-state index in [-0.39, 0.29) is 11.5 Å². The van der Waals surface area contributed by atoms with E-state index >= 15 is 0 Å². The normalized spacial score (nSPS) is 14.7. The quantitative estimate of drug-likeness (QED) is 0.541. The molecular weight excluding hydrogens is 330 g/mol. The fraction of sp³-hybridized carbons (Fsp3) is 0.0952. The Labute approximate surface area is 150 Å². The zero-order valence-electron chi connectivity index (χ0n) is 14.1. The first-order valence-electron chi connectivity index (χ1n) is 8.16. The van der Waals surface area contributed by atoms with Crippen molar-refractivity contribution in [2.45, 2.75) is 5.92 Å². The van der Waals surface area contributed by atoms with Crippen LogP contribution in [-0.2, 0) is 0 Å². The lowest BCUT2D eigenvalue weighted by Crippen LogP contribution is -2.15. The molecule has 0 spiro atoms. The number of ether oxygens (including phenoxy) is 2. The van der Waals surface area contributed by atoms with E-state index < -0.39 is 5.97 Å². The van der Waals surface area contributed by atoms with Crippen LogP contribution in [0.2, 0.25) is 0 Å². The predicted octanol–water partition coefficient (Wildman–Crippen LogP) is 4.26. The number of hydrogen-bond donors (Lipinski definition) is 2. The van der Waals surface area contributed by atoms with E-state index in [1.165, 1.54) is 0 Å². The first kappa shape index (κ1) is 16.0. The Balaban J connectivity index is 1.99. The van der Waals surface area contributed by atoms with E-state index in [2.05, 4.69) is 0 Å². The maximum absolute atomic E-state index is 11.8. The van der Waals surface area contributed by atoms with Gasteiger partial charge in [-0.3, -0.25) is 0 Å². The Morgan fingerprint density at radius 3 is 2.42 bits per heavy atom. The highest BCUT2D eigenvalue weighted by atomic mass is 16.5. The second-order valence-corrected chi connectivity index (χ2v) is 6.13.